The third kappa shape index (κ3) is 3.71. The van der Waals surface area contributed by atoms with Crippen molar-refractivity contribution < 1.29 is 19.2 Å². The molecule has 0 N–H and O–H groups in total. The molecule has 10 heteroatoms. The van der Waals surface area contributed by atoms with Crippen LogP contribution >= 0.6 is 22.7 Å². The van der Waals surface area contributed by atoms with Crippen LogP contribution in [-0.4, -0.2) is 44.5 Å². The average Bonchev–Trinajstić information content (AvgIpc) is 3.84. The van der Waals surface area contributed by atoms with Crippen molar-refractivity contribution in [3.8, 4) is 20.9 Å². The smallest absolute Gasteiger partial charge is 0.210 e. The Morgan fingerprint density at radius 2 is 0.913 bits per heavy atom. The Morgan fingerprint density at radius 1 is 0.587 bits per heavy atom. The molecule has 3 aromatic rings. The van der Waals surface area contributed by atoms with Gasteiger partial charge in [-0.1, -0.05) is 76.1 Å². The van der Waals surface area contributed by atoms with E-state index in [0.717, 1.165) is 94.8 Å². The van der Waals surface area contributed by atoms with Crippen LogP contribution in [0.1, 0.15) is 102 Å². The molecule has 4 unspecified atom stereocenters. The van der Waals surface area contributed by atoms with Crippen LogP contribution in [0.25, 0.3) is 20.9 Å². The molecule has 46 heavy (non-hydrogen) atoms. The standard InChI is InChI=1S/C36H34N4O4S2/c1-35(2)21-13-20-22(14-19(21)29-31(35)39-33(45-29)37-23-25(41)15-9-5-6-10-16(15)26(23)42)36(3,4)32-30(20)46-34(40-32)38-24-27(43)17-11-7-8-12-18(17)28(24)44/h13-18H,5-12H2,1-4H3. The lowest BCUT2D eigenvalue weighted by atomic mass is 9.81. The number of benzene rings is 1. The molecule has 0 amide bonds. The van der Waals surface area contributed by atoms with Crippen molar-refractivity contribution in [2.24, 2.45) is 33.7 Å². The van der Waals surface area contributed by atoms with E-state index < -0.39 is 10.8 Å². The minimum absolute atomic E-state index is 0.0899. The van der Waals surface area contributed by atoms with E-state index in [0.29, 0.717) is 10.3 Å². The summed E-state index contributed by atoms with van der Waals surface area (Å²) in [6, 6.07) is 4.50. The van der Waals surface area contributed by atoms with Crippen LogP contribution < -0.4 is 0 Å². The minimum atomic E-state index is -0.411. The Hall–Kier alpha value is -3.50. The van der Waals surface area contributed by atoms with Crippen LogP contribution in [0, 0.1) is 23.7 Å². The Bertz CT molecular complexity index is 1830. The lowest BCUT2D eigenvalue weighted by Gasteiger charge is -2.23. The van der Waals surface area contributed by atoms with Gasteiger partial charge in [0, 0.05) is 34.5 Å². The molecule has 2 heterocycles. The van der Waals surface area contributed by atoms with Crippen molar-refractivity contribution in [2.75, 3.05) is 0 Å². The van der Waals surface area contributed by atoms with Gasteiger partial charge < -0.3 is 0 Å². The first kappa shape index (κ1) is 28.7. The molecular formula is C36H34N4O4S2. The first-order valence-electron chi connectivity index (χ1n) is 16.5. The molecule has 4 saturated carbocycles. The number of carbonyl (C=O) groups is 4. The van der Waals surface area contributed by atoms with E-state index in [1.807, 2.05) is 0 Å². The summed E-state index contributed by atoms with van der Waals surface area (Å²) < 4.78 is 0. The van der Waals surface area contributed by atoms with Crippen LogP contribution in [0.3, 0.4) is 0 Å². The second kappa shape index (κ2) is 9.53. The highest BCUT2D eigenvalue weighted by Gasteiger charge is 2.50. The van der Waals surface area contributed by atoms with Crippen molar-refractivity contribution in [3.63, 3.8) is 0 Å². The number of Topliss-reactive ketones (excluding diaryl/α,β-unsaturated/α-hetero) is 4. The van der Waals surface area contributed by atoms with Gasteiger partial charge in [0.15, 0.2) is 34.6 Å². The Kier molecular flexibility index (Phi) is 5.95. The molecule has 0 bridgehead atoms. The largest absolute Gasteiger partial charge is 0.292 e. The van der Waals surface area contributed by atoms with E-state index in [1.54, 1.807) is 0 Å². The Balaban J connectivity index is 1.09. The van der Waals surface area contributed by atoms with Crippen molar-refractivity contribution in [1.29, 1.82) is 0 Å². The van der Waals surface area contributed by atoms with E-state index in [-0.39, 0.29) is 58.2 Å². The number of carbonyl (C=O) groups excluding carboxylic acids is 4. The van der Waals surface area contributed by atoms with Gasteiger partial charge in [-0.05, 0) is 60.1 Å². The molecule has 234 valence electrons. The molecule has 4 atom stereocenters. The van der Waals surface area contributed by atoms with E-state index in [1.165, 1.54) is 22.7 Å². The highest BCUT2D eigenvalue weighted by Crippen LogP contribution is 2.59. The normalized spacial score (nSPS) is 28.2. The first-order chi connectivity index (χ1) is 22.0. The van der Waals surface area contributed by atoms with E-state index in [9.17, 15) is 19.2 Å². The molecule has 1 aromatic carbocycles. The number of aliphatic imine (C=N–C) groups is 2. The van der Waals surface area contributed by atoms with Crippen LogP contribution in [0.4, 0.5) is 10.3 Å². The molecule has 4 fully saturated rings. The molecule has 0 radical (unpaired) electrons. The summed E-state index contributed by atoms with van der Waals surface area (Å²) in [4.78, 5) is 73.7. The van der Waals surface area contributed by atoms with Gasteiger partial charge >= 0.3 is 0 Å². The number of thiazole rings is 2. The third-order valence-corrected chi connectivity index (χ3v) is 13.6. The van der Waals surface area contributed by atoms with Crippen LogP contribution in [0.15, 0.2) is 22.1 Å². The second-order valence-electron chi connectivity index (χ2n) is 14.9. The average molecular weight is 651 g/mol. The van der Waals surface area contributed by atoms with Gasteiger partial charge in [-0.15, -0.1) is 0 Å². The zero-order valence-corrected chi connectivity index (χ0v) is 28.0. The van der Waals surface area contributed by atoms with Crippen molar-refractivity contribution in [1.82, 2.24) is 9.97 Å². The molecule has 0 saturated heterocycles. The maximum atomic E-state index is 13.1. The minimum Gasteiger partial charge on any atom is -0.292 e. The highest BCUT2D eigenvalue weighted by molar-refractivity contribution is 7.19. The summed E-state index contributed by atoms with van der Waals surface area (Å²) in [5, 5.41) is 0.943. The zero-order valence-electron chi connectivity index (χ0n) is 26.4. The van der Waals surface area contributed by atoms with Gasteiger partial charge in [-0.2, -0.15) is 0 Å². The maximum absolute atomic E-state index is 13.1. The second-order valence-corrected chi connectivity index (χ2v) is 16.9. The lowest BCUT2D eigenvalue weighted by Crippen LogP contribution is -2.21. The molecule has 8 nitrogen and oxygen atoms in total. The maximum Gasteiger partial charge on any atom is 0.210 e. The van der Waals surface area contributed by atoms with Crippen LogP contribution in [0.2, 0.25) is 0 Å². The van der Waals surface area contributed by atoms with Crippen molar-refractivity contribution >= 4 is 67.5 Å². The van der Waals surface area contributed by atoms with E-state index >= 15 is 0 Å². The fourth-order valence-corrected chi connectivity index (χ4v) is 11.3. The van der Waals surface area contributed by atoms with Gasteiger partial charge in [0.1, 0.15) is 0 Å². The van der Waals surface area contributed by atoms with Gasteiger partial charge in [0.2, 0.25) is 10.3 Å². The van der Waals surface area contributed by atoms with Crippen LogP contribution in [-0.2, 0) is 30.0 Å². The van der Waals surface area contributed by atoms with Crippen molar-refractivity contribution in [2.45, 2.75) is 89.9 Å². The number of nitrogens with zero attached hydrogens (tertiary/aromatic N) is 4. The topological polar surface area (TPSA) is 119 Å². The molecular weight excluding hydrogens is 617 g/mol. The molecule has 0 spiro atoms. The van der Waals surface area contributed by atoms with E-state index in [2.05, 4.69) is 49.8 Å². The summed E-state index contributed by atoms with van der Waals surface area (Å²) in [5.74, 6) is -1.25. The SMILES string of the molecule is CC1(C)c2cc3c(cc2-c2sc(N=C4C(=O)C5CCCCC5C4=O)nc21)C(C)(C)c1nc(N=C2C(=O)C4CCCCC4C2=O)sc1-3. The predicted octanol–water partition coefficient (Wildman–Crippen LogP) is 7.27. The summed E-state index contributed by atoms with van der Waals surface area (Å²) in [6.45, 7) is 8.62. The van der Waals surface area contributed by atoms with Gasteiger partial charge in [-0.3, -0.25) is 19.2 Å². The van der Waals surface area contributed by atoms with Crippen molar-refractivity contribution in [3.05, 3.63) is 34.6 Å². The number of hydrogen-bond acceptors (Lipinski definition) is 10. The fraction of sp³-hybridized carbons (Fsp3) is 0.500. The quantitative estimate of drug-likeness (QED) is 0.288. The predicted molar refractivity (Wildman–Crippen MR) is 178 cm³/mol. The zero-order chi connectivity index (χ0) is 31.9. The summed E-state index contributed by atoms with van der Waals surface area (Å²) >= 11 is 2.91. The number of aromatic nitrogens is 2. The molecule has 6 aliphatic carbocycles. The van der Waals surface area contributed by atoms with Gasteiger partial charge in [-0.25, -0.2) is 20.0 Å². The molecule has 0 aliphatic heterocycles. The van der Waals surface area contributed by atoms with Gasteiger partial charge in [0.25, 0.3) is 0 Å². The molecule has 9 rings (SSSR count). The number of ketones is 4. The molecule has 6 aliphatic rings. The highest BCUT2D eigenvalue weighted by atomic mass is 32.1. The Labute approximate surface area is 274 Å². The Morgan fingerprint density at radius 3 is 1.24 bits per heavy atom. The number of fused-ring (bicyclic) bond motifs is 8. The van der Waals surface area contributed by atoms with Gasteiger partial charge in [0.05, 0.1) is 21.1 Å². The van der Waals surface area contributed by atoms with Crippen LogP contribution in [0.5, 0.6) is 0 Å². The first-order valence-corrected chi connectivity index (χ1v) is 18.2. The summed E-state index contributed by atoms with van der Waals surface area (Å²) in [7, 11) is 0. The number of hydrogen-bond donors (Lipinski definition) is 0. The molecule has 2 aromatic heterocycles. The summed E-state index contributed by atoms with van der Waals surface area (Å²) in [5.41, 5.74) is 5.72. The monoisotopic (exact) mass is 650 g/mol. The lowest BCUT2D eigenvalue weighted by molar-refractivity contribution is -0.120. The fourth-order valence-electron chi connectivity index (χ4n) is 9.06. The summed E-state index contributed by atoms with van der Waals surface area (Å²) in [6.07, 6.45) is 7.05. The number of rotatable bonds is 2. The van der Waals surface area contributed by atoms with E-state index in [4.69, 9.17) is 9.97 Å². The third-order valence-electron chi connectivity index (χ3n) is 11.6.